The van der Waals surface area contributed by atoms with Crippen LogP contribution >= 0.6 is 0 Å². The average molecular weight is 225 g/mol. The molecule has 0 saturated heterocycles. The van der Waals surface area contributed by atoms with Gasteiger partial charge in [-0.2, -0.15) is 0 Å². The fourth-order valence-corrected chi connectivity index (χ4v) is 1.69. The van der Waals surface area contributed by atoms with Crippen LogP contribution in [0, 0.1) is 6.92 Å². The van der Waals surface area contributed by atoms with E-state index in [-0.39, 0.29) is 6.42 Å². The van der Waals surface area contributed by atoms with Gasteiger partial charge in [0.15, 0.2) is 6.10 Å². The van der Waals surface area contributed by atoms with E-state index in [4.69, 9.17) is 5.11 Å². The molecule has 1 unspecified atom stereocenters. The quantitative estimate of drug-likeness (QED) is 0.752. The van der Waals surface area contributed by atoms with Gasteiger partial charge in [-0.05, 0) is 19.8 Å². The van der Waals surface area contributed by atoms with Gasteiger partial charge in [-0.3, -0.25) is 0 Å². The minimum absolute atomic E-state index is 0.188. The molecule has 1 saturated carbocycles. The molecule has 0 spiro atoms. The molecule has 2 N–H and O–H groups in total. The summed E-state index contributed by atoms with van der Waals surface area (Å²) in [5.41, 5.74) is 0. The molecule has 0 amide bonds. The Bertz CT molecular complexity index is 398. The van der Waals surface area contributed by atoms with Gasteiger partial charge in [0.2, 0.25) is 0 Å². The second kappa shape index (κ2) is 4.21. The summed E-state index contributed by atoms with van der Waals surface area (Å²) in [6.45, 7) is 2.30. The van der Waals surface area contributed by atoms with E-state index in [1.165, 1.54) is 0 Å². The van der Waals surface area contributed by atoms with Crippen molar-refractivity contribution in [2.24, 2.45) is 0 Å². The maximum Gasteiger partial charge on any atom is 0.332 e. The Hall–Kier alpha value is -1.43. The summed E-state index contributed by atoms with van der Waals surface area (Å²) in [7, 11) is 0. The van der Waals surface area contributed by atoms with Crippen LogP contribution in [0.15, 0.2) is 0 Å². The first-order valence-corrected chi connectivity index (χ1v) is 5.40. The third kappa shape index (κ3) is 2.21. The van der Waals surface area contributed by atoms with Gasteiger partial charge in [0.05, 0.1) is 0 Å². The minimum Gasteiger partial charge on any atom is -0.479 e. The number of aryl methyl sites for hydroxylation is 1. The number of aliphatic hydroxyl groups is 1. The largest absolute Gasteiger partial charge is 0.479 e. The Labute approximate surface area is 92.9 Å². The van der Waals surface area contributed by atoms with Crippen LogP contribution in [0.25, 0.3) is 0 Å². The number of aliphatic carboxylic acids is 1. The van der Waals surface area contributed by atoms with Crippen molar-refractivity contribution >= 4 is 5.97 Å². The molecule has 1 fully saturated rings. The number of carbonyl (C=O) groups is 1. The third-order valence-electron chi connectivity index (χ3n) is 2.82. The smallest absolute Gasteiger partial charge is 0.332 e. The van der Waals surface area contributed by atoms with Crippen LogP contribution in [-0.2, 0) is 11.3 Å². The Kier molecular flexibility index (Phi) is 2.91. The Morgan fingerprint density at radius 1 is 1.56 bits per heavy atom. The maximum atomic E-state index is 10.5. The minimum atomic E-state index is -1.31. The lowest BCUT2D eigenvalue weighted by Gasteiger charge is -2.09. The molecule has 1 aromatic heterocycles. The topological polar surface area (TPSA) is 88.2 Å². The lowest BCUT2D eigenvalue weighted by molar-refractivity contribution is -0.147. The predicted octanol–water partition coefficient (Wildman–Crippen LogP) is 0.300. The fraction of sp³-hybridized carbons (Fsp3) is 0.700. The summed E-state index contributed by atoms with van der Waals surface area (Å²) < 4.78 is 1.91. The Morgan fingerprint density at radius 3 is 2.81 bits per heavy atom. The molecular weight excluding hydrogens is 210 g/mol. The highest BCUT2D eigenvalue weighted by Crippen LogP contribution is 2.39. The van der Waals surface area contributed by atoms with E-state index >= 15 is 0 Å². The van der Waals surface area contributed by atoms with Crippen molar-refractivity contribution in [2.75, 3.05) is 0 Å². The highest BCUT2D eigenvalue weighted by atomic mass is 16.4. The zero-order chi connectivity index (χ0) is 11.7. The summed E-state index contributed by atoms with van der Waals surface area (Å²) in [5.74, 6) is 0.997. The molecule has 1 aromatic rings. The van der Waals surface area contributed by atoms with E-state index in [1.807, 2.05) is 11.5 Å². The monoisotopic (exact) mass is 225 g/mol. The van der Waals surface area contributed by atoms with Crippen LogP contribution in [0.1, 0.15) is 36.8 Å². The van der Waals surface area contributed by atoms with Crippen LogP contribution in [-0.4, -0.2) is 37.1 Å². The van der Waals surface area contributed by atoms with Crippen LogP contribution < -0.4 is 0 Å². The number of hydrogen-bond acceptors (Lipinski definition) is 4. The number of aromatic nitrogens is 3. The lowest BCUT2D eigenvalue weighted by Crippen LogP contribution is -2.22. The van der Waals surface area contributed by atoms with E-state index in [0.717, 1.165) is 24.5 Å². The molecule has 0 bridgehead atoms. The van der Waals surface area contributed by atoms with Gasteiger partial charge < -0.3 is 14.8 Å². The van der Waals surface area contributed by atoms with Crippen LogP contribution in [0.5, 0.6) is 0 Å². The first-order chi connectivity index (χ1) is 7.59. The van der Waals surface area contributed by atoms with Gasteiger partial charge in [-0.15, -0.1) is 10.2 Å². The third-order valence-corrected chi connectivity index (χ3v) is 2.82. The van der Waals surface area contributed by atoms with E-state index in [2.05, 4.69) is 10.2 Å². The summed E-state index contributed by atoms with van der Waals surface area (Å²) in [6.07, 6.45) is 1.13. The molecule has 1 aliphatic rings. The molecule has 16 heavy (non-hydrogen) atoms. The van der Waals surface area contributed by atoms with E-state index < -0.39 is 12.1 Å². The maximum absolute atomic E-state index is 10.5. The summed E-state index contributed by atoms with van der Waals surface area (Å²) in [6, 6.07) is 0. The standard InChI is InChI=1S/C10H15N3O3/c1-6-11-12-9(7-2-3-7)13(6)5-4-8(14)10(15)16/h7-8,14H,2-5H2,1H3,(H,15,16). The highest BCUT2D eigenvalue weighted by molar-refractivity contribution is 5.71. The molecule has 2 rings (SSSR count). The summed E-state index contributed by atoms with van der Waals surface area (Å²) >= 11 is 0. The first kappa shape index (κ1) is 11.1. The molecule has 1 atom stereocenters. The Morgan fingerprint density at radius 2 is 2.25 bits per heavy atom. The number of carboxylic acids is 1. The second-order valence-corrected chi connectivity index (χ2v) is 4.17. The molecule has 6 heteroatoms. The molecule has 0 radical (unpaired) electrons. The van der Waals surface area contributed by atoms with Crippen molar-refractivity contribution in [2.45, 2.75) is 44.8 Å². The van der Waals surface area contributed by atoms with Crippen molar-refractivity contribution in [3.05, 3.63) is 11.6 Å². The molecular formula is C10H15N3O3. The van der Waals surface area contributed by atoms with Crippen molar-refractivity contribution in [1.29, 1.82) is 0 Å². The van der Waals surface area contributed by atoms with Crippen LogP contribution in [0.3, 0.4) is 0 Å². The highest BCUT2D eigenvalue weighted by Gasteiger charge is 2.29. The van der Waals surface area contributed by atoms with Gasteiger partial charge in [-0.1, -0.05) is 0 Å². The zero-order valence-electron chi connectivity index (χ0n) is 9.13. The number of rotatable bonds is 5. The molecule has 0 aliphatic heterocycles. The number of hydrogen-bond donors (Lipinski definition) is 2. The molecule has 1 aliphatic carbocycles. The fourth-order valence-electron chi connectivity index (χ4n) is 1.69. The van der Waals surface area contributed by atoms with E-state index in [1.54, 1.807) is 0 Å². The normalized spacial score (nSPS) is 17.4. The van der Waals surface area contributed by atoms with Crippen LogP contribution in [0.2, 0.25) is 0 Å². The van der Waals surface area contributed by atoms with Gasteiger partial charge in [0.25, 0.3) is 0 Å². The molecule has 0 aromatic carbocycles. The van der Waals surface area contributed by atoms with Gasteiger partial charge in [0.1, 0.15) is 11.6 Å². The molecule has 6 nitrogen and oxygen atoms in total. The number of carboxylic acid groups (broad SMARTS) is 1. The summed E-state index contributed by atoms with van der Waals surface area (Å²) in [4.78, 5) is 10.5. The number of aliphatic hydroxyl groups excluding tert-OH is 1. The van der Waals surface area contributed by atoms with Crippen molar-refractivity contribution in [1.82, 2.24) is 14.8 Å². The molecule has 88 valence electrons. The first-order valence-electron chi connectivity index (χ1n) is 5.40. The zero-order valence-corrected chi connectivity index (χ0v) is 9.13. The van der Waals surface area contributed by atoms with Gasteiger partial charge in [-0.25, -0.2) is 4.79 Å². The van der Waals surface area contributed by atoms with E-state index in [9.17, 15) is 9.90 Å². The second-order valence-electron chi connectivity index (χ2n) is 4.17. The Balaban J connectivity index is 2.02. The molecule has 1 heterocycles. The van der Waals surface area contributed by atoms with Gasteiger partial charge in [0, 0.05) is 18.9 Å². The lowest BCUT2D eigenvalue weighted by atomic mass is 10.2. The SMILES string of the molecule is Cc1nnc(C2CC2)n1CCC(O)C(=O)O. The number of nitrogens with zero attached hydrogens (tertiary/aromatic N) is 3. The van der Waals surface area contributed by atoms with Crippen LogP contribution in [0.4, 0.5) is 0 Å². The average Bonchev–Trinajstić information content (AvgIpc) is 3.00. The van der Waals surface area contributed by atoms with Crippen molar-refractivity contribution in [3.8, 4) is 0 Å². The summed E-state index contributed by atoms with van der Waals surface area (Å²) in [5, 5.41) is 25.9. The van der Waals surface area contributed by atoms with Crippen molar-refractivity contribution < 1.29 is 15.0 Å². The van der Waals surface area contributed by atoms with Gasteiger partial charge >= 0.3 is 5.97 Å². The van der Waals surface area contributed by atoms with E-state index in [0.29, 0.717) is 12.5 Å². The predicted molar refractivity (Wildman–Crippen MR) is 55.0 cm³/mol. The van der Waals surface area contributed by atoms with Crippen molar-refractivity contribution in [3.63, 3.8) is 0 Å².